The Morgan fingerprint density at radius 1 is 1.39 bits per heavy atom. The quantitative estimate of drug-likeness (QED) is 0.798. The number of ether oxygens (including phenoxy) is 1. The summed E-state index contributed by atoms with van der Waals surface area (Å²) in [6, 6.07) is 7.60. The fourth-order valence-corrected chi connectivity index (χ4v) is 2.81. The molecule has 0 atom stereocenters. The van der Waals surface area contributed by atoms with E-state index in [2.05, 4.69) is 15.0 Å². The zero-order chi connectivity index (χ0) is 15.8. The van der Waals surface area contributed by atoms with Crippen molar-refractivity contribution < 1.29 is 13.9 Å². The molecule has 7 nitrogen and oxygen atoms in total. The first-order chi connectivity index (χ1) is 11.2. The van der Waals surface area contributed by atoms with Crippen LogP contribution in [0.15, 0.2) is 28.7 Å². The van der Waals surface area contributed by atoms with E-state index in [9.17, 15) is 4.79 Å². The van der Waals surface area contributed by atoms with Gasteiger partial charge in [-0.15, -0.1) is 0 Å². The molecule has 1 amide bonds. The molecule has 7 heteroatoms. The van der Waals surface area contributed by atoms with Crippen LogP contribution in [0.5, 0.6) is 0 Å². The van der Waals surface area contributed by atoms with Crippen molar-refractivity contribution in [1.29, 1.82) is 0 Å². The number of aromatic nitrogens is 3. The Bertz CT molecular complexity index is 834. The highest BCUT2D eigenvalue weighted by Crippen LogP contribution is 2.22. The first-order valence-electron chi connectivity index (χ1n) is 7.45. The Morgan fingerprint density at radius 2 is 2.26 bits per heavy atom. The van der Waals surface area contributed by atoms with Crippen LogP contribution in [0.2, 0.25) is 0 Å². The third kappa shape index (κ3) is 2.49. The molecule has 4 rings (SSSR count). The van der Waals surface area contributed by atoms with Crippen LogP contribution in [0.3, 0.4) is 0 Å². The van der Waals surface area contributed by atoms with Crippen molar-refractivity contribution in [2.24, 2.45) is 0 Å². The molecule has 0 unspecified atom stereocenters. The van der Waals surface area contributed by atoms with Crippen molar-refractivity contribution in [1.82, 2.24) is 19.9 Å². The number of nitrogens with zero attached hydrogens (tertiary/aromatic N) is 3. The molecule has 0 spiro atoms. The van der Waals surface area contributed by atoms with Crippen molar-refractivity contribution in [3.63, 3.8) is 0 Å². The van der Waals surface area contributed by atoms with Gasteiger partial charge < -0.3 is 19.0 Å². The van der Waals surface area contributed by atoms with Crippen LogP contribution in [0.1, 0.15) is 28.0 Å². The van der Waals surface area contributed by atoms with Crippen LogP contribution < -0.4 is 0 Å². The zero-order valence-corrected chi connectivity index (χ0v) is 12.7. The van der Waals surface area contributed by atoms with Crippen LogP contribution in [-0.2, 0) is 24.3 Å². The van der Waals surface area contributed by atoms with Gasteiger partial charge in [-0.25, -0.2) is 9.97 Å². The van der Waals surface area contributed by atoms with Crippen LogP contribution in [-0.4, -0.2) is 39.4 Å². The summed E-state index contributed by atoms with van der Waals surface area (Å²) in [5.74, 6) is 1.62. The maximum absolute atomic E-state index is 12.7. The number of oxazole rings is 1. The minimum atomic E-state index is -0.122. The average molecular weight is 312 g/mol. The van der Waals surface area contributed by atoms with Crippen molar-refractivity contribution in [3.05, 3.63) is 47.4 Å². The predicted molar refractivity (Wildman–Crippen MR) is 81.8 cm³/mol. The summed E-state index contributed by atoms with van der Waals surface area (Å²) in [5, 5.41) is 0. The molecule has 1 aromatic carbocycles. The van der Waals surface area contributed by atoms with Crippen molar-refractivity contribution >= 4 is 16.9 Å². The highest BCUT2D eigenvalue weighted by molar-refractivity contribution is 5.94. The molecule has 0 fully saturated rings. The van der Waals surface area contributed by atoms with Gasteiger partial charge in [-0.1, -0.05) is 12.1 Å². The van der Waals surface area contributed by atoms with Gasteiger partial charge in [0, 0.05) is 20.1 Å². The van der Waals surface area contributed by atoms with E-state index in [0.29, 0.717) is 37.8 Å². The van der Waals surface area contributed by atoms with E-state index in [0.717, 1.165) is 22.5 Å². The number of methoxy groups -OCH3 is 1. The number of fused-ring (bicyclic) bond motifs is 2. The van der Waals surface area contributed by atoms with Gasteiger partial charge >= 0.3 is 0 Å². The second-order valence-electron chi connectivity index (χ2n) is 5.49. The van der Waals surface area contributed by atoms with Gasteiger partial charge in [0.15, 0.2) is 5.82 Å². The van der Waals surface area contributed by atoms with E-state index in [1.807, 2.05) is 24.3 Å². The van der Waals surface area contributed by atoms with Crippen LogP contribution in [0.4, 0.5) is 0 Å². The van der Waals surface area contributed by atoms with Gasteiger partial charge in [-0.2, -0.15) is 0 Å². The highest BCUT2D eigenvalue weighted by atomic mass is 16.5. The molecule has 23 heavy (non-hydrogen) atoms. The molecule has 3 heterocycles. The van der Waals surface area contributed by atoms with Gasteiger partial charge in [0.2, 0.25) is 5.89 Å². The fraction of sp³-hybridized carbons (Fsp3) is 0.312. The number of para-hydroxylation sites is 2. The number of aromatic amines is 1. The lowest BCUT2D eigenvalue weighted by atomic mass is 10.1. The number of amides is 1. The van der Waals surface area contributed by atoms with Gasteiger partial charge in [-0.05, 0) is 12.1 Å². The van der Waals surface area contributed by atoms with E-state index >= 15 is 0 Å². The normalized spacial score (nSPS) is 14.2. The van der Waals surface area contributed by atoms with Gasteiger partial charge in [-0.3, -0.25) is 4.79 Å². The lowest BCUT2D eigenvalue weighted by Crippen LogP contribution is -2.36. The minimum Gasteiger partial charge on any atom is -0.443 e. The molecule has 1 aliphatic rings. The Labute approximate surface area is 132 Å². The molecule has 0 bridgehead atoms. The Kier molecular flexibility index (Phi) is 3.34. The van der Waals surface area contributed by atoms with Crippen molar-refractivity contribution in [3.8, 4) is 0 Å². The van der Waals surface area contributed by atoms with E-state index in [4.69, 9.17) is 9.15 Å². The fourth-order valence-electron chi connectivity index (χ4n) is 2.81. The number of nitrogens with one attached hydrogen (secondary N) is 1. The van der Waals surface area contributed by atoms with Gasteiger partial charge in [0.25, 0.3) is 5.91 Å². The second kappa shape index (κ2) is 5.51. The smallest absolute Gasteiger partial charge is 0.290 e. The molecular formula is C16H16N4O3. The highest BCUT2D eigenvalue weighted by Gasteiger charge is 2.27. The number of benzene rings is 1. The van der Waals surface area contributed by atoms with Crippen molar-refractivity contribution in [2.75, 3.05) is 13.7 Å². The molecule has 1 N–H and O–H groups in total. The first kappa shape index (κ1) is 14.0. The van der Waals surface area contributed by atoms with Gasteiger partial charge in [0.05, 0.1) is 17.6 Å². The standard InChI is InChI=1S/C16H16N4O3/c1-22-9-14-17-12-8-20(7-6-13(12)23-14)16(21)15-18-10-4-2-3-5-11(10)19-15/h2-5H,6-9H2,1H3,(H,18,19). The monoisotopic (exact) mass is 312 g/mol. The number of hydrogen-bond donors (Lipinski definition) is 1. The van der Waals surface area contributed by atoms with E-state index in [1.165, 1.54) is 0 Å². The number of carbonyl (C=O) groups excluding carboxylic acids is 1. The van der Waals surface area contributed by atoms with Crippen molar-refractivity contribution in [2.45, 2.75) is 19.6 Å². The minimum absolute atomic E-state index is 0.122. The zero-order valence-electron chi connectivity index (χ0n) is 12.7. The molecule has 118 valence electrons. The average Bonchev–Trinajstić information content (AvgIpc) is 3.16. The number of H-pyrrole nitrogens is 1. The molecule has 0 saturated heterocycles. The number of imidazole rings is 1. The maximum atomic E-state index is 12.7. The molecule has 1 aliphatic heterocycles. The molecular weight excluding hydrogens is 296 g/mol. The van der Waals surface area contributed by atoms with E-state index < -0.39 is 0 Å². The summed E-state index contributed by atoms with van der Waals surface area (Å²) < 4.78 is 10.7. The molecule has 3 aromatic rings. The summed E-state index contributed by atoms with van der Waals surface area (Å²) in [5.41, 5.74) is 2.45. The maximum Gasteiger partial charge on any atom is 0.290 e. The molecule has 0 radical (unpaired) electrons. The first-order valence-corrected chi connectivity index (χ1v) is 7.45. The lowest BCUT2D eigenvalue weighted by molar-refractivity contribution is 0.0716. The lowest BCUT2D eigenvalue weighted by Gasteiger charge is -2.24. The van der Waals surface area contributed by atoms with Gasteiger partial charge in [0.1, 0.15) is 18.1 Å². The van der Waals surface area contributed by atoms with Crippen LogP contribution >= 0.6 is 0 Å². The summed E-state index contributed by atoms with van der Waals surface area (Å²) in [6.07, 6.45) is 0.651. The number of rotatable bonds is 3. The Balaban J connectivity index is 1.57. The summed E-state index contributed by atoms with van der Waals surface area (Å²) in [4.78, 5) is 26.2. The Morgan fingerprint density at radius 3 is 3.09 bits per heavy atom. The predicted octanol–water partition coefficient (Wildman–Crippen LogP) is 1.90. The summed E-state index contributed by atoms with van der Waals surface area (Å²) >= 11 is 0. The van der Waals surface area contributed by atoms with Crippen LogP contribution in [0, 0.1) is 0 Å². The van der Waals surface area contributed by atoms with E-state index in [1.54, 1.807) is 12.0 Å². The third-order valence-electron chi connectivity index (χ3n) is 3.92. The molecule has 0 aliphatic carbocycles. The SMILES string of the molecule is COCc1nc2c(o1)CCN(C(=O)c1nc3ccccc3[nH]1)C2. The van der Waals surface area contributed by atoms with E-state index in [-0.39, 0.29) is 5.91 Å². The summed E-state index contributed by atoms with van der Waals surface area (Å²) in [6.45, 7) is 1.35. The second-order valence-corrected chi connectivity index (χ2v) is 5.49. The Hall–Kier alpha value is -2.67. The topological polar surface area (TPSA) is 84.2 Å². The number of carbonyl (C=O) groups is 1. The molecule has 2 aromatic heterocycles. The largest absolute Gasteiger partial charge is 0.443 e. The third-order valence-corrected chi connectivity index (χ3v) is 3.92. The summed E-state index contributed by atoms with van der Waals surface area (Å²) in [7, 11) is 1.60. The number of hydrogen-bond acceptors (Lipinski definition) is 5. The van der Waals surface area contributed by atoms with Crippen LogP contribution in [0.25, 0.3) is 11.0 Å². The molecule has 0 saturated carbocycles.